The Morgan fingerprint density at radius 2 is 2.11 bits per heavy atom. The lowest BCUT2D eigenvalue weighted by Gasteiger charge is -2.11. The summed E-state index contributed by atoms with van der Waals surface area (Å²) in [6.45, 7) is 1.31. The summed E-state index contributed by atoms with van der Waals surface area (Å²) in [5, 5.41) is 2.98. The molecule has 0 heterocycles. The van der Waals surface area contributed by atoms with Crippen LogP contribution in [0.25, 0.3) is 0 Å². The van der Waals surface area contributed by atoms with E-state index in [1.54, 1.807) is 0 Å². The largest absolute Gasteiger partial charge is 0.373 e. The molecule has 1 N–H and O–H groups in total. The Labute approximate surface area is 112 Å². The summed E-state index contributed by atoms with van der Waals surface area (Å²) in [6, 6.07) is 9.60. The van der Waals surface area contributed by atoms with Crippen molar-refractivity contribution in [1.82, 2.24) is 0 Å². The normalized spacial score (nSPS) is 14.6. The second-order valence-corrected chi connectivity index (χ2v) is 7.73. The predicted octanol–water partition coefficient (Wildman–Crippen LogP) is 4.41. The summed E-state index contributed by atoms with van der Waals surface area (Å²) in [5.74, 6) is 0.778. The van der Waals surface area contributed by atoms with Gasteiger partial charge < -0.3 is 9.84 Å². The van der Waals surface area contributed by atoms with Crippen molar-refractivity contribution >= 4 is 30.1 Å². The zero-order valence-electron chi connectivity index (χ0n) is 10.7. The molecule has 0 aliphatic carbocycles. The van der Waals surface area contributed by atoms with Crippen LogP contribution < -0.4 is 5.32 Å². The van der Waals surface area contributed by atoms with Crippen molar-refractivity contribution in [2.75, 3.05) is 17.7 Å². The van der Waals surface area contributed by atoms with Crippen LogP contribution in [0.5, 0.6) is 0 Å². The molecule has 0 saturated carbocycles. The van der Waals surface area contributed by atoms with Crippen molar-refractivity contribution in [1.29, 1.82) is 0 Å². The standard InChI is InChI=1S/C12H19N2O2PS/c1-3-10-18-17(15,16-4-2)14-11-13-12-8-6-5-7-9-12/h5-9,11H,3-4,10H2,1-2H3,(H,13,14,15). The van der Waals surface area contributed by atoms with Gasteiger partial charge in [0.2, 0.25) is 0 Å². The molecule has 0 bridgehead atoms. The molecule has 1 atom stereocenters. The van der Waals surface area contributed by atoms with E-state index in [1.165, 1.54) is 17.7 Å². The zero-order chi connectivity index (χ0) is 13.3. The fourth-order valence-corrected chi connectivity index (χ4v) is 4.45. The maximum absolute atomic E-state index is 12.3. The monoisotopic (exact) mass is 286 g/mol. The molecule has 0 saturated heterocycles. The number of rotatable bonds is 8. The molecule has 1 unspecified atom stereocenters. The van der Waals surface area contributed by atoms with E-state index in [1.807, 2.05) is 44.2 Å². The van der Waals surface area contributed by atoms with E-state index >= 15 is 0 Å². The Hall–Kier alpha value is -0.770. The van der Waals surface area contributed by atoms with Gasteiger partial charge in [-0.25, -0.2) is 0 Å². The fourth-order valence-electron chi connectivity index (χ4n) is 1.18. The maximum atomic E-state index is 12.3. The average Bonchev–Trinajstić information content (AvgIpc) is 2.38. The highest BCUT2D eigenvalue weighted by atomic mass is 32.7. The summed E-state index contributed by atoms with van der Waals surface area (Å²) in [4.78, 5) is 0. The quantitative estimate of drug-likeness (QED) is 0.437. The van der Waals surface area contributed by atoms with Crippen LogP contribution in [0.2, 0.25) is 0 Å². The first kappa shape index (κ1) is 15.3. The third kappa shape index (κ3) is 5.71. The number of anilines is 1. The van der Waals surface area contributed by atoms with Crippen LogP contribution in [0, 0.1) is 0 Å². The molecule has 100 valence electrons. The van der Waals surface area contributed by atoms with Crippen LogP contribution in [-0.2, 0) is 9.09 Å². The number of hydrogen-bond acceptors (Lipinski definition) is 3. The second kappa shape index (κ2) is 8.35. The van der Waals surface area contributed by atoms with Gasteiger partial charge in [0.1, 0.15) is 0 Å². The number of nitrogens with zero attached hydrogens (tertiary/aromatic N) is 1. The van der Waals surface area contributed by atoms with Crippen molar-refractivity contribution in [3.8, 4) is 0 Å². The van der Waals surface area contributed by atoms with Gasteiger partial charge in [0.05, 0.1) is 12.9 Å². The Morgan fingerprint density at radius 1 is 1.39 bits per heavy atom. The Bertz CT molecular complexity index is 412. The van der Waals surface area contributed by atoms with Crippen LogP contribution in [0.1, 0.15) is 20.3 Å². The van der Waals surface area contributed by atoms with Crippen LogP contribution in [0.4, 0.5) is 5.69 Å². The number of hydrogen-bond donors (Lipinski definition) is 1. The van der Waals surface area contributed by atoms with Crippen molar-refractivity contribution in [2.45, 2.75) is 20.3 Å². The van der Waals surface area contributed by atoms with Crippen molar-refractivity contribution in [2.24, 2.45) is 4.76 Å². The molecule has 1 aromatic carbocycles. The van der Waals surface area contributed by atoms with Gasteiger partial charge in [0.15, 0.2) is 0 Å². The van der Waals surface area contributed by atoms with E-state index in [4.69, 9.17) is 4.52 Å². The molecule has 1 aromatic rings. The molecule has 0 spiro atoms. The zero-order valence-corrected chi connectivity index (χ0v) is 12.4. The van der Waals surface area contributed by atoms with Crippen molar-refractivity contribution < 1.29 is 9.09 Å². The van der Waals surface area contributed by atoms with Crippen LogP contribution in [0.3, 0.4) is 0 Å². The molecule has 0 radical (unpaired) electrons. The minimum absolute atomic E-state index is 0.399. The van der Waals surface area contributed by atoms with Gasteiger partial charge in [-0.2, -0.15) is 4.76 Å². The SMILES string of the molecule is CCCSP(=O)(N=CNc1ccccc1)OCC. The first-order valence-electron chi connectivity index (χ1n) is 5.95. The minimum atomic E-state index is -2.95. The van der Waals surface area contributed by atoms with E-state index in [0.717, 1.165) is 17.9 Å². The topological polar surface area (TPSA) is 50.7 Å². The Morgan fingerprint density at radius 3 is 2.72 bits per heavy atom. The first-order valence-corrected chi connectivity index (χ1v) is 9.12. The summed E-state index contributed by atoms with van der Waals surface area (Å²) in [5.41, 5.74) is 0.907. The lowest BCUT2D eigenvalue weighted by molar-refractivity contribution is 0.347. The van der Waals surface area contributed by atoms with Gasteiger partial charge in [0, 0.05) is 11.4 Å². The predicted molar refractivity (Wildman–Crippen MR) is 80.5 cm³/mol. The van der Waals surface area contributed by atoms with E-state index in [2.05, 4.69) is 10.1 Å². The molecule has 1 rings (SSSR count). The third-order valence-corrected chi connectivity index (χ3v) is 5.98. The lowest BCUT2D eigenvalue weighted by Crippen LogP contribution is -1.95. The molecule has 18 heavy (non-hydrogen) atoms. The summed E-state index contributed by atoms with van der Waals surface area (Å²) < 4.78 is 21.6. The third-order valence-electron chi connectivity index (χ3n) is 1.95. The van der Waals surface area contributed by atoms with Crippen molar-refractivity contribution in [3.63, 3.8) is 0 Å². The lowest BCUT2D eigenvalue weighted by atomic mass is 10.3. The molecule has 6 heteroatoms. The molecule has 0 aliphatic heterocycles. The minimum Gasteiger partial charge on any atom is -0.346 e. The van der Waals surface area contributed by atoms with Crippen LogP contribution >= 0.6 is 18.1 Å². The first-order chi connectivity index (χ1) is 8.70. The average molecular weight is 286 g/mol. The summed E-state index contributed by atoms with van der Waals surface area (Å²) in [7, 11) is 0. The molecule has 0 amide bonds. The van der Waals surface area contributed by atoms with E-state index in [9.17, 15) is 4.57 Å². The van der Waals surface area contributed by atoms with Gasteiger partial charge in [0.25, 0.3) is 0 Å². The van der Waals surface area contributed by atoms with Crippen molar-refractivity contribution in [3.05, 3.63) is 30.3 Å². The van der Waals surface area contributed by atoms with Crippen LogP contribution in [0.15, 0.2) is 35.1 Å². The van der Waals surface area contributed by atoms with Gasteiger partial charge >= 0.3 is 6.72 Å². The van der Waals surface area contributed by atoms with Gasteiger partial charge in [-0.1, -0.05) is 25.1 Å². The molecule has 0 fully saturated rings. The molecular formula is C12H19N2O2PS. The highest BCUT2D eigenvalue weighted by molar-refractivity contribution is 8.56. The van der Waals surface area contributed by atoms with Gasteiger partial charge in [-0.3, -0.25) is 4.57 Å². The summed E-state index contributed by atoms with van der Waals surface area (Å²) >= 11 is 1.28. The van der Waals surface area contributed by atoms with Gasteiger partial charge in [-0.15, -0.1) is 0 Å². The molecular weight excluding hydrogens is 267 g/mol. The molecule has 0 aromatic heterocycles. The molecule has 0 aliphatic rings. The number of nitrogens with one attached hydrogen (secondary N) is 1. The smallest absolute Gasteiger partial charge is 0.346 e. The fraction of sp³-hybridized carbons (Fsp3) is 0.417. The summed E-state index contributed by atoms with van der Waals surface area (Å²) in [6.07, 6.45) is 2.40. The van der Waals surface area contributed by atoms with E-state index in [0.29, 0.717) is 6.61 Å². The highest BCUT2D eigenvalue weighted by Crippen LogP contribution is 2.60. The number of para-hydroxylation sites is 1. The van der Waals surface area contributed by atoms with Gasteiger partial charge in [-0.05, 0) is 36.9 Å². The van der Waals surface area contributed by atoms with E-state index in [-0.39, 0.29) is 0 Å². The number of benzene rings is 1. The second-order valence-electron chi connectivity index (χ2n) is 3.47. The highest BCUT2D eigenvalue weighted by Gasteiger charge is 2.20. The Balaban J connectivity index is 2.57. The Kier molecular flexibility index (Phi) is 7.09. The van der Waals surface area contributed by atoms with Crippen LogP contribution in [-0.4, -0.2) is 18.7 Å². The maximum Gasteiger partial charge on any atom is 0.373 e. The van der Waals surface area contributed by atoms with E-state index < -0.39 is 6.72 Å². The molecule has 4 nitrogen and oxygen atoms in total.